The van der Waals surface area contributed by atoms with E-state index in [1.165, 1.54) is 0 Å². The highest BCUT2D eigenvalue weighted by atomic mass is 35.7. The second-order valence-corrected chi connectivity index (χ2v) is 7.17. The second-order valence-electron chi connectivity index (χ2n) is 3.79. The van der Waals surface area contributed by atoms with Crippen molar-refractivity contribution in [2.24, 2.45) is 0 Å². The SMILES string of the molecule is CCCNC(=O)COc1c(Cl)cc(S(=O)(=O)Cl)cc1Cl. The van der Waals surface area contributed by atoms with Crippen LogP contribution in [0.2, 0.25) is 10.0 Å². The molecule has 0 aliphatic heterocycles. The maximum Gasteiger partial charge on any atom is 0.261 e. The predicted molar refractivity (Wildman–Crippen MR) is 78.3 cm³/mol. The fourth-order valence-corrected chi connectivity index (χ4v) is 2.78. The van der Waals surface area contributed by atoms with Gasteiger partial charge in [-0.1, -0.05) is 30.1 Å². The van der Waals surface area contributed by atoms with Crippen LogP contribution in [0.3, 0.4) is 0 Å². The summed E-state index contributed by atoms with van der Waals surface area (Å²) in [5.41, 5.74) is 0. The highest BCUT2D eigenvalue weighted by Crippen LogP contribution is 2.36. The molecule has 0 aliphatic carbocycles. The molecule has 0 aromatic heterocycles. The van der Waals surface area contributed by atoms with Gasteiger partial charge in [0, 0.05) is 17.2 Å². The molecule has 0 radical (unpaired) electrons. The molecule has 0 atom stereocenters. The van der Waals surface area contributed by atoms with Gasteiger partial charge >= 0.3 is 0 Å². The third kappa shape index (κ3) is 5.01. The zero-order chi connectivity index (χ0) is 15.3. The molecule has 1 aromatic carbocycles. The minimum absolute atomic E-state index is 0.0315. The van der Waals surface area contributed by atoms with Crippen molar-refractivity contribution in [3.8, 4) is 5.75 Å². The van der Waals surface area contributed by atoms with Gasteiger partial charge in [-0.15, -0.1) is 0 Å². The molecule has 0 saturated heterocycles. The number of halogens is 3. The van der Waals surface area contributed by atoms with Crippen molar-refractivity contribution >= 4 is 48.8 Å². The van der Waals surface area contributed by atoms with E-state index in [-0.39, 0.29) is 33.2 Å². The monoisotopic (exact) mass is 359 g/mol. The summed E-state index contributed by atoms with van der Waals surface area (Å²) in [6.45, 7) is 2.18. The first-order valence-corrected chi connectivity index (χ1v) is 8.65. The van der Waals surface area contributed by atoms with Crippen LogP contribution in [0.4, 0.5) is 0 Å². The molecular formula is C11H12Cl3NO4S. The van der Waals surface area contributed by atoms with E-state index < -0.39 is 9.05 Å². The smallest absolute Gasteiger partial charge is 0.261 e. The van der Waals surface area contributed by atoms with Gasteiger partial charge in [-0.3, -0.25) is 4.79 Å². The molecule has 5 nitrogen and oxygen atoms in total. The molecular weight excluding hydrogens is 349 g/mol. The van der Waals surface area contributed by atoms with E-state index in [0.717, 1.165) is 18.6 Å². The van der Waals surface area contributed by atoms with E-state index in [0.29, 0.717) is 6.54 Å². The maximum absolute atomic E-state index is 11.4. The Morgan fingerprint density at radius 2 is 1.85 bits per heavy atom. The van der Waals surface area contributed by atoms with Crippen molar-refractivity contribution in [2.45, 2.75) is 18.2 Å². The first-order chi connectivity index (χ1) is 9.25. The van der Waals surface area contributed by atoms with Gasteiger partial charge in [-0.05, 0) is 18.6 Å². The molecule has 1 aromatic rings. The van der Waals surface area contributed by atoms with Gasteiger partial charge in [-0.2, -0.15) is 0 Å². The standard InChI is InChI=1S/C11H12Cl3NO4S/c1-2-3-15-10(16)6-19-11-8(12)4-7(5-9(11)13)20(14,17)18/h4-5H,2-3,6H2,1H3,(H,15,16). The van der Waals surface area contributed by atoms with Crippen LogP contribution in [0, 0.1) is 0 Å². The van der Waals surface area contributed by atoms with Crippen LogP contribution in [-0.4, -0.2) is 27.5 Å². The van der Waals surface area contributed by atoms with Crippen LogP contribution in [0.15, 0.2) is 17.0 Å². The fraction of sp³-hybridized carbons (Fsp3) is 0.364. The van der Waals surface area contributed by atoms with Crippen molar-refractivity contribution in [2.75, 3.05) is 13.2 Å². The van der Waals surface area contributed by atoms with Crippen molar-refractivity contribution in [1.82, 2.24) is 5.32 Å². The number of nitrogens with one attached hydrogen (secondary N) is 1. The van der Waals surface area contributed by atoms with Gasteiger partial charge in [0.25, 0.3) is 15.0 Å². The lowest BCUT2D eigenvalue weighted by atomic mass is 10.3. The van der Waals surface area contributed by atoms with Crippen LogP contribution in [0.5, 0.6) is 5.75 Å². The number of ether oxygens (including phenoxy) is 1. The molecule has 20 heavy (non-hydrogen) atoms. The molecule has 9 heteroatoms. The molecule has 0 spiro atoms. The third-order valence-corrected chi connectivity index (χ3v) is 4.07. The zero-order valence-electron chi connectivity index (χ0n) is 10.5. The summed E-state index contributed by atoms with van der Waals surface area (Å²) in [6, 6.07) is 2.21. The molecule has 0 saturated carbocycles. The minimum Gasteiger partial charge on any atom is -0.481 e. The molecule has 1 rings (SSSR count). The van der Waals surface area contributed by atoms with Gasteiger partial charge in [0.1, 0.15) is 0 Å². The Morgan fingerprint density at radius 1 is 1.30 bits per heavy atom. The van der Waals surface area contributed by atoms with Gasteiger partial charge in [-0.25, -0.2) is 8.42 Å². The number of rotatable bonds is 6. The van der Waals surface area contributed by atoms with E-state index >= 15 is 0 Å². The number of hydrogen-bond acceptors (Lipinski definition) is 4. The van der Waals surface area contributed by atoms with E-state index in [4.69, 9.17) is 38.6 Å². The lowest BCUT2D eigenvalue weighted by molar-refractivity contribution is -0.123. The third-order valence-electron chi connectivity index (χ3n) is 2.17. The molecule has 0 unspecified atom stereocenters. The predicted octanol–water partition coefficient (Wildman–Crippen LogP) is 2.83. The van der Waals surface area contributed by atoms with Gasteiger partial charge in [0.15, 0.2) is 12.4 Å². The Balaban J connectivity index is 2.85. The van der Waals surface area contributed by atoms with Crippen LogP contribution in [0.25, 0.3) is 0 Å². The Bertz CT molecular complexity index is 581. The van der Waals surface area contributed by atoms with E-state index in [9.17, 15) is 13.2 Å². The Morgan fingerprint density at radius 3 is 2.30 bits per heavy atom. The fourth-order valence-electron chi connectivity index (χ4n) is 1.27. The Labute approximate surface area is 131 Å². The largest absolute Gasteiger partial charge is 0.481 e. The minimum atomic E-state index is -3.94. The summed E-state index contributed by atoms with van der Waals surface area (Å²) in [6.07, 6.45) is 0.801. The van der Waals surface area contributed by atoms with Crippen molar-refractivity contribution < 1.29 is 17.9 Å². The molecule has 0 heterocycles. The van der Waals surface area contributed by atoms with Crippen LogP contribution >= 0.6 is 33.9 Å². The zero-order valence-corrected chi connectivity index (χ0v) is 13.5. The van der Waals surface area contributed by atoms with Gasteiger partial charge < -0.3 is 10.1 Å². The number of carbonyl (C=O) groups is 1. The van der Waals surface area contributed by atoms with Crippen molar-refractivity contribution in [1.29, 1.82) is 0 Å². The lowest BCUT2D eigenvalue weighted by Crippen LogP contribution is -2.29. The first kappa shape index (κ1) is 17.4. The number of carbonyl (C=O) groups excluding carboxylic acids is 1. The lowest BCUT2D eigenvalue weighted by Gasteiger charge is -2.11. The molecule has 1 N–H and O–H groups in total. The summed E-state index contributed by atoms with van der Waals surface area (Å²) in [4.78, 5) is 11.1. The van der Waals surface area contributed by atoms with Crippen molar-refractivity contribution in [3.05, 3.63) is 22.2 Å². The summed E-state index contributed by atoms with van der Waals surface area (Å²) < 4.78 is 27.5. The van der Waals surface area contributed by atoms with Crippen LogP contribution < -0.4 is 10.1 Å². The Kier molecular flexibility index (Phi) is 6.39. The Hall–Kier alpha value is -0.690. The van der Waals surface area contributed by atoms with E-state index in [1.807, 2.05) is 6.92 Å². The van der Waals surface area contributed by atoms with Crippen LogP contribution in [0.1, 0.15) is 13.3 Å². The summed E-state index contributed by atoms with van der Waals surface area (Å²) in [7, 11) is 1.25. The molecule has 0 fully saturated rings. The number of hydrogen-bond donors (Lipinski definition) is 1. The number of amides is 1. The first-order valence-electron chi connectivity index (χ1n) is 5.59. The van der Waals surface area contributed by atoms with Crippen LogP contribution in [-0.2, 0) is 13.8 Å². The average Bonchev–Trinajstić information content (AvgIpc) is 2.34. The quantitative estimate of drug-likeness (QED) is 0.792. The molecule has 0 aliphatic rings. The second kappa shape index (κ2) is 7.36. The average molecular weight is 361 g/mol. The van der Waals surface area contributed by atoms with Gasteiger partial charge in [0.05, 0.1) is 14.9 Å². The number of benzene rings is 1. The molecule has 1 amide bonds. The maximum atomic E-state index is 11.4. The van der Waals surface area contributed by atoms with Gasteiger partial charge in [0.2, 0.25) is 0 Å². The normalized spacial score (nSPS) is 11.2. The highest BCUT2D eigenvalue weighted by molar-refractivity contribution is 8.13. The topological polar surface area (TPSA) is 72.5 Å². The van der Waals surface area contributed by atoms with E-state index in [1.54, 1.807) is 0 Å². The van der Waals surface area contributed by atoms with E-state index in [2.05, 4.69) is 5.32 Å². The molecule has 112 valence electrons. The summed E-state index contributed by atoms with van der Waals surface area (Å²) in [5, 5.41) is 2.53. The summed E-state index contributed by atoms with van der Waals surface area (Å²) in [5.74, 6) is -0.294. The highest BCUT2D eigenvalue weighted by Gasteiger charge is 2.17. The molecule has 0 bridgehead atoms. The van der Waals surface area contributed by atoms with Crippen molar-refractivity contribution in [3.63, 3.8) is 0 Å². The summed E-state index contributed by atoms with van der Waals surface area (Å²) >= 11 is 11.7.